The zero-order chi connectivity index (χ0) is 5.15. The fourth-order valence-electron chi connectivity index (χ4n) is 0. The number of rotatable bonds is 1. The summed E-state index contributed by atoms with van der Waals surface area (Å²) >= 11 is 0. The Morgan fingerprint density at radius 1 is 1.83 bits per heavy atom. The maximum absolute atomic E-state index is 9.53. The fraction of sp³-hybridized carbons (Fsp3) is 1.00. The lowest BCUT2D eigenvalue weighted by atomic mass is 10.7. The molecule has 6 heavy (non-hydrogen) atoms. The van der Waals surface area contributed by atoms with Crippen molar-refractivity contribution in [1.82, 2.24) is 0 Å². The summed E-state index contributed by atoms with van der Waals surface area (Å²) in [5.74, 6) is 0. The molecular formula is C2H4NO3. The van der Waals surface area contributed by atoms with Crippen molar-refractivity contribution in [2.45, 2.75) is 13.2 Å². The van der Waals surface area contributed by atoms with Crippen molar-refractivity contribution in [3.05, 3.63) is 10.1 Å². The van der Waals surface area contributed by atoms with Crippen LogP contribution in [0.1, 0.15) is 6.92 Å². The summed E-state index contributed by atoms with van der Waals surface area (Å²) in [5.41, 5.74) is 0. The standard InChI is InChI=1S/C2H4NO3/c1-2(4)3(5)6/h2H,1H3. The van der Waals surface area contributed by atoms with Gasteiger partial charge in [-0.25, -0.2) is 0 Å². The predicted molar refractivity (Wildman–Crippen MR) is 17.1 cm³/mol. The molecule has 1 radical (unpaired) electrons. The lowest BCUT2D eigenvalue weighted by Crippen LogP contribution is -2.10. The summed E-state index contributed by atoms with van der Waals surface area (Å²) in [5, 5.41) is 18.7. The minimum Gasteiger partial charge on any atom is -0.262 e. The largest absolute Gasteiger partial charge is 0.339 e. The van der Waals surface area contributed by atoms with Crippen LogP contribution in [0.5, 0.6) is 0 Å². The molecule has 0 heterocycles. The molecule has 0 amide bonds. The number of nitro groups is 1. The van der Waals surface area contributed by atoms with E-state index in [1.54, 1.807) is 0 Å². The zero-order valence-corrected chi connectivity index (χ0v) is 3.25. The molecular weight excluding hydrogens is 86.0 g/mol. The van der Waals surface area contributed by atoms with Gasteiger partial charge in [0.25, 0.3) is 0 Å². The van der Waals surface area contributed by atoms with Crippen LogP contribution in [0.3, 0.4) is 0 Å². The SMILES string of the molecule is CC([O])[N+](=O)[O-]. The molecule has 4 nitrogen and oxygen atoms in total. The van der Waals surface area contributed by atoms with Gasteiger partial charge in [0.05, 0.1) is 4.92 Å². The van der Waals surface area contributed by atoms with E-state index in [1.807, 2.05) is 0 Å². The van der Waals surface area contributed by atoms with Crippen molar-refractivity contribution in [2.75, 3.05) is 0 Å². The van der Waals surface area contributed by atoms with Gasteiger partial charge in [0, 0.05) is 6.92 Å². The van der Waals surface area contributed by atoms with E-state index in [1.165, 1.54) is 0 Å². The first-order valence-corrected chi connectivity index (χ1v) is 1.44. The molecule has 35 valence electrons. The maximum Gasteiger partial charge on any atom is 0.339 e. The molecule has 4 heteroatoms. The zero-order valence-electron chi connectivity index (χ0n) is 3.25. The molecule has 0 aromatic carbocycles. The van der Waals surface area contributed by atoms with Gasteiger partial charge in [-0.3, -0.25) is 10.1 Å². The second-order valence-corrected chi connectivity index (χ2v) is 0.885. The summed E-state index contributed by atoms with van der Waals surface area (Å²) in [7, 11) is 0. The smallest absolute Gasteiger partial charge is 0.262 e. The van der Waals surface area contributed by atoms with Crippen LogP contribution in [0, 0.1) is 10.1 Å². The lowest BCUT2D eigenvalue weighted by Gasteiger charge is -1.84. The quantitative estimate of drug-likeness (QED) is 0.259. The monoisotopic (exact) mass is 90.0 g/mol. The molecule has 0 aliphatic heterocycles. The Hall–Kier alpha value is -0.640. The third-order valence-corrected chi connectivity index (χ3v) is 0.297. The highest BCUT2D eigenvalue weighted by atomic mass is 16.7. The maximum atomic E-state index is 9.53. The second kappa shape index (κ2) is 1.71. The van der Waals surface area contributed by atoms with Crippen LogP contribution in [-0.4, -0.2) is 11.2 Å². The summed E-state index contributed by atoms with van der Waals surface area (Å²) in [6, 6.07) is 0. The van der Waals surface area contributed by atoms with Gasteiger partial charge in [0.15, 0.2) is 0 Å². The summed E-state index contributed by atoms with van der Waals surface area (Å²) in [4.78, 5) is 8.30. The first-order valence-electron chi connectivity index (χ1n) is 1.44. The van der Waals surface area contributed by atoms with Crippen molar-refractivity contribution < 1.29 is 10.0 Å². The summed E-state index contributed by atoms with van der Waals surface area (Å²) in [6.45, 7) is 0.986. The average molecular weight is 90.1 g/mol. The minimum atomic E-state index is -1.68. The van der Waals surface area contributed by atoms with Gasteiger partial charge in [0.2, 0.25) is 0 Å². The van der Waals surface area contributed by atoms with Gasteiger partial charge in [-0.05, 0) is 0 Å². The van der Waals surface area contributed by atoms with E-state index in [0.717, 1.165) is 6.92 Å². The third-order valence-electron chi connectivity index (χ3n) is 0.297. The van der Waals surface area contributed by atoms with Crippen molar-refractivity contribution in [1.29, 1.82) is 0 Å². The molecule has 0 aromatic heterocycles. The van der Waals surface area contributed by atoms with E-state index in [0.29, 0.717) is 0 Å². The second-order valence-electron chi connectivity index (χ2n) is 0.885. The van der Waals surface area contributed by atoms with Gasteiger partial charge < -0.3 is 0 Å². The van der Waals surface area contributed by atoms with Crippen LogP contribution in [0.25, 0.3) is 0 Å². The van der Waals surface area contributed by atoms with E-state index >= 15 is 0 Å². The topological polar surface area (TPSA) is 63.0 Å². The van der Waals surface area contributed by atoms with E-state index in [4.69, 9.17) is 0 Å². The Kier molecular flexibility index (Phi) is 1.53. The van der Waals surface area contributed by atoms with Gasteiger partial charge in [-0.1, -0.05) is 0 Å². The highest BCUT2D eigenvalue weighted by molar-refractivity contribution is 4.15. The third kappa shape index (κ3) is 1.66. The van der Waals surface area contributed by atoms with Gasteiger partial charge in [-0.15, -0.1) is 0 Å². The van der Waals surface area contributed by atoms with Crippen LogP contribution in [0.15, 0.2) is 0 Å². The molecule has 0 aliphatic carbocycles. The first-order chi connectivity index (χ1) is 2.64. The van der Waals surface area contributed by atoms with E-state index in [2.05, 4.69) is 0 Å². The molecule has 0 saturated heterocycles. The van der Waals surface area contributed by atoms with Crippen LogP contribution in [0.4, 0.5) is 0 Å². The van der Waals surface area contributed by atoms with Crippen molar-refractivity contribution in [3.8, 4) is 0 Å². The number of hydrogen-bond acceptors (Lipinski definition) is 2. The van der Waals surface area contributed by atoms with Gasteiger partial charge >= 0.3 is 6.23 Å². The molecule has 0 saturated carbocycles. The number of nitrogens with zero attached hydrogens (tertiary/aromatic N) is 1. The van der Waals surface area contributed by atoms with Crippen LogP contribution >= 0.6 is 0 Å². The van der Waals surface area contributed by atoms with Crippen LogP contribution in [-0.2, 0) is 5.11 Å². The summed E-state index contributed by atoms with van der Waals surface area (Å²) in [6.07, 6.45) is -1.68. The Balaban J connectivity index is 3.26. The van der Waals surface area contributed by atoms with E-state index < -0.39 is 11.2 Å². The molecule has 0 fully saturated rings. The highest BCUT2D eigenvalue weighted by Gasteiger charge is 2.04. The average Bonchev–Trinajstić information content (AvgIpc) is 1.36. The lowest BCUT2D eigenvalue weighted by molar-refractivity contribution is -0.576. The van der Waals surface area contributed by atoms with Gasteiger partial charge in [-0.2, -0.15) is 5.11 Å². The van der Waals surface area contributed by atoms with Crippen molar-refractivity contribution in [2.24, 2.45) is 0 Å². The Labute approximate surface area is 34.6 Å². The van der Waals surface area contributed by atoms with Crippen LogP contribution in [0.2, 0.25) is 0 Å². The molecule has 1 atom stereocenters. The van der Waals surface area contributed by atoms with E-state index in [9.17, 15) is 15.2 Å². The minimum absolute atomic E-state index is 0.889. The first kappa shape index (κ1) is 5.36. The highest BCUT2D eigenvalue weighted by Crippen LogP contribution is 1.76. The Bertz CT molecular complexity index is 59.8. The normalized spacial score (nSPS) is 13.7. The molecule has 0 rings (SSSR count). The molecule has 0 spiro atoms. The van der Waals surface area contributed by atoms with Crippen molar-refractivity contribution >= 4 is 0 Å². The molecule has 0 N–H and O–H groups in total. The van der Waals surface area contributed by atoms with Gasteiger partial charge in [0.1, 0.15) is 0 Å². The Morgan fingerprint density at radius 2 is 2.00 bits per heavy atom. The van der Waals surface area contributed by atoms with E-state index in [-0.39, 0.29) is 0 Å². The van der Waals surface area contributed by atoms with Crippen molar-refractivity contribution in [3.63, 3.8) is 0 Å². The van der Waals surface area contributed by atoms with Crippen LogP contribution < -0.4 is 0 Å². The molecule has 0 bridgehead atoms. The fourth-order valence-corrected chi connectivity index (χ4v) is 0. The predicted octanol–water partition coefficient (Wildman–Crippen LogP) is 0.0396. The Morgan fingerprint density at radius 3 is 2.00 bits per heavy atom. The molecule has 0 aromatic rings. The summed E-state index contributed by atoms with van der Waals surface area (Å²) < 4.78 is 0. The molecule has 1 unspecified atom stereocenters. The molecule has 0 aliphatic rings. The number of hydrogen-bond donors (Lipinski definition) is 0.